The lowest BCUT2D eigenvalue weighted by atomic mass is 10.1. The van der Waals surface area contributed by atoms with Crippen LogP contribution in [-0.2, 0) is 17.8 Å². The van der Waals surface area contributed by atoms with Gasteiger partial charge >= 0.3 is 0 Å². The number of benzene rings is 2. The van der Waals surface area contributed by atoms with Crippen LogP contribution in [0.15, 0.2) is 67.0 Å². The largest absolute Gasteiger partial charge is 0.504 e. The summed E-state index contributed by atoms with van der Waals surface area (Å²) in [5.74, 6) is 0.852. The molecule has 0 amide bonds. The standard InChI is InChI=1S/C23H20ClNO4/c1-28-22-7-4-16(13-21(22)27)2-5-19(26)12-18-3-6-20(24)23(14-18)29-15-17-8-10-25-11-9-17/h2-11,13-14,27H,12,15H2,1H3/b5-2+. The van der Waals surface area contributed by atoms with E-state index in [4.69, 9.17) is 21.1 Å². The second-order valence-corrected chi connectivity index (χ2v) is 6.72. The van der Waals surface area contributed by atoms with Gasteiger partial charge in [-0.05, 0) is 59.2 Å². The minimum Gasteiger partial charge on any atom is -0.504 e. The molecule has 29 heavy (non-hydrogen) atoms. The number of nitrogens with zero attached hydrogens (tertiary/aromatic N) is 1. The predicted molar refractivity (Wildman–Crippen MR) is 112 cm³/mol. The number of rotatable bonds is 8. The number of aromatic hydroxyl groups is 1. The second-order valence-electron chi connectivity index (χ2n) is 6.32. The van der Waals surface area contributed by atoms with Crippen LogP contribution < -0.4 is 9.47 Å². The monoisotopic (exact) mass is 409 g/mol. The summed E-state index contributed by atoms with van der Waals surface area (Å²) in [6.07, 6.45) is 6.74. The van der Waals surface area contributed by atoms with E-state index in [9.17, 15) is 9.90 Å². The van der Waals surface area contributed by atoms with Crippen LogP contribution in [0, 0.1) is 0 Å². The Morgan fingerprint density at radius 3 is 2.59 bits per heavy atom. The van der Waals surface area contributed by atoms with Gasteiger partial charge in [-0.3, -0.25) is 9.78 Å². The van der Waals surface area contributed by atoms with E-state index in [2.05, 4.69) is 4.98 Å². The van der Waals surface area contributed by atoms with Crippen molar-refractivity contribution in [2.75, 3.05) is 7.11 Å². The summed E-state index contributed by atoms with van der Waals surface area (Å²) in [5.41, 5.74) is 2.48. The summed E-state index contributed by atoms with van der Waals surface area (Å²) in [7, 11) is 1.48. The summed E-state index contributed by atoms with van der Waals surface area (Å²) in [6.45, 7) is 0.362. The molecular formula is C23H20ClNO4. The topological polar surface area (TPSA) is 68.7 Å². The summed E-state index contributed by atoms with van der Waals surface area (Å²) >= 11 is 6.21. The molecule has 0 unspecified atom stereocenters. The van der Waals surface area contributed by atoms with Gasteiger partial charge < -0.3 is 14.6 Å². The van der Waals surface area contributed by atoms with Gasteiger partial charge in [-0.15, -0.1) is 0 Å². The first-order valence-electron chi connectivity index (χ1n) is 8.93. The second kappa shape index (κ2) is 9.75. The van der Waals surface area contributed by atoms with Crippen molar-refractivity contribution in [1.29, 1.82) is 0 Å². The third kappa shape index (κ3) is 5.83. The van der Waals surface area contributed by atoms with Crippen molar-refractivity contribution in [2.45, 2.75) is 13.0 Å². The third-order valence-electron chi connectivity index (χ3n) is 4.18. The molecule has 0 atom stereocenters. The van der Waals surface area contributed by atoms with Crippen LogP contribution in [0.3, 0.4) is 0 Å². The quantitative estimate of drug-likeness (QED) is 0.538. The van der Waals surface area contributed by atoms with Crippen molar-refractivity contribution >= 4 is 23.5 Å². The Morgan fingerprint density at radius 2 is 1.86 bits per heavy atom. The van der Waals surface area contributed by atoms with Gasteiger partial charge in [0.05, 0.1) is 12.1 Å². The smallest absolute Gasteiger partial charge is 0.160 e. The Bertz CT molecular complexity index is 1020. The molecule has 2 aromatic carbocycles. The number of allylic oxidation sites excluding steroid dienone is 1. The van der Waals surface area contributed by atoms with Gasteiger partial charge in [-0.2, -0.15) is 0 Å². The van der Waals surface area contributed by atoms with Crippen molar-refractivity contribution in [1.82, 2.24) is 4.98 Å². The summed E-state index contributed by atoms with van der Waals surface area (Å²) in [5, 5.41) is 10.3. The van der Waals surface area contributed by atoms with E-state index < -0.39 is 0 Å². The van der Waals surface area contributed by atoms with Crippen molar-refractivity contribution in [3.8, 4) is 17.2 Å². The van der Waals surface area contributed by atoms with Crippen molar-refractivity contribution in [3.63, 3.8) is 0 Å². The fourth-order valence-electron chi connectivity index (χ4n) is 2.67. The molecule has 0 saturated carbocycles. The number of carbonyl (C=O) groups excluding carboxylic acids is 1. The highest BCUT2D eigenvalue weighted by atomic mass is 35.5. The van der Waals surface area contributed by atoms with E-state index in [-0.39, 0.29) is 18.0 Å². The lowest BCUT2D eigenvalue weighted by Crippen LogP contribution is -2.00. The fourth-order valence-corrected chi connectivity index (χ4v) is 2.84. The molecule has 0 radical (unpaired) electrons. The van der Waals surface area contributed by atoms with Gasteiger partial charge in [0.2, 0.25) is 0 Å². The van der Waals surface area contributed by atoms with Crippen LogP contribution >= 0.6 is 11.6 Å². The Kier molecular flexibility index (Phi) is 6.87. The lowest BCUT2D eigenvalue weighted by Gasteiger charge is -2.09. The number of phenols is 1. The van der Waals surface area contributed by atoms with Crippen molar-refractivity contribution in [3.05, 3.63) is 88.7 Å². The van der Waals surface area contributed by atoms with Gasteiger partial charge in [0.1, 0.15) is 12.4 Å². The van der Waals surface area contributed by atoms with Gasteiger partial charge in [0.15, 0.2) is 17.3 Å². The Hall–Kier alpha value is -3.31. The number of hydrogen-bond donors (Lipinski definition) is 1. The maximum Gasteiger partial charge on any atom is 0.160 e. The van der Waals surface area contributed by atoms with E-state index in [1.807, 2.05) is 12.1 Å². The van der Waals surface area contributed by atoms with E-state index in [1.54, 1.807) is 48.8 Å². The molecule has 1 heterocycles. The van der Waals surface area contributed by atoms with Crippen LogP contribution in [0.5, 0.6) is 17.2 Å². The average molecular weight is 410 g/mol. The minimum absolute atomic E-state index is 0.0239. The molecule has 0 aliphatic rings. The van der Waals surface area contributed by atoms with E-state index in [1.165, 1.54) is 19.3 Å². The van der Waals surface area contributed by atoms with Crippen LogP contribution in [0.2, 0.25) is 5.02 Å². The normalized spacial score (nSPS) is 10.8. The van der Waals surface area contributed by atoms with Crippen molar-refractivity contribution < 1.29 is 19.4 Å². The summed E-state index contributed by atoms with van der Waals surface area (Å²) in [6, 6.07) is 14.0. The minimum atomic E-state index is -0.0808. The zero-order valence-electron chi connectivity index (χ0n) is 15.8. The molecule has 3 aromatic rings. The van der Waals surface area contributed by atoms with E-state index in [0.717, 1.165) is 11.1 Å². The molecule has 6 heteroatoms. The maximum atomic E-state index is 12.3. The molecule has 0 fully saturated rings. The molecule has 3 rings (SSSR count). The highest BCUT2D eigenvalue weighted by Gasteiger charge is 2.07. The van der Waals surface area contributed by atoms with Crippen LogP contribution in [-0.4, -0.2) is 23.0 Å². The highest BCUT2D eigenvalue weighted by molar-refractivity contribution is 6.32. The Balaban J connectivity index is 1.63. The van der Waals surface area contributed by atoms with Crippen LogP contribution in [0.4, 0.5) is 0 Å². The summed E-state index contributed by atoms with van der Waals surface area (Å²) in [4.78, 5) is 16.3. The van der Waals surface area contributed by atoms with Crippen LogP contribution in [0.25, 0.3) is 6.08 Å². The fraction of sp³-hybridized carbons (Fsp3) is 0.130. The van der Waals surface area contributed by atoms with E-state index in [0.29, 0.717) is 28.7 Å². The SMILES string of the molecule is COc1ccc(/C=C/C(=O)Cc2ccc(Cl)c(OCc3ccncc3)c2)cc1O. The molecule has 5 nitrogen and oxygen atoms in total. The number of hydrogen-bond acceptors (Lipinski definition) is 5. The number of ether oxygens (including phenoxy) is 2. The Labute approximate surface area is 174 Å². The zero-order valence-corrected chi connectivity index (χ0v) is 16.6. The van der Waals surface area contributed by atoms with E-state index >= 15 is 0 Å². The molecule has 1 N–H and O–H groups in total. The van der Waals surface area contributed by atoms with Gasteiger partial charge in [-0.25, -0.2) is 0 Å². The van der Waals surface area contributed by atoms with Gasteiger partial charge in [0, 0.05) is 18.8 Å². The highest BCUT2D eigenvalue weighted by Crippen LogP contribution is 2.28. The number of methoxy groups -OCH3 is 1. The molecule has 0 aliphatic carbocycles. The van der Waals surface area contributed by atoms with Gasteiger partial charge in [0.25, 0.3) is 0 Å². The Morgan fingerprint density at radius 1 is 1.07 bits per heavy atom. The predicted octanol–water partition coefficient (Wildman–Crippen LogP) is 4.85. The molecule has 0 spiro atoms. The molecular weight excluding hydrogens is 390 g/mol. The van der Waals surface area contributed by atoms with Crippen molar-refractivity contribution in [2.24, 2.45) is 0 Å². The third-order valence-corrected chi connectivity index (χ3v) is 4.49. The zero-order chi connectivity index (χ0) is 20.6. The number of phenolic OH excluding ortho intramolecular Hbond substituents is 1. The number of carbonyl (C=O) groups is 1. The number of ketones is 1. The maximum absolute atomic E-state index is 12.3. The number of halogens is 1. The molecule has 1 aromatic heterocycles. The molecule has 148 valence electrons. The first-order chi connectivity index (χ1) is 14.0. The molecule has 0 bridgehead atoms. The first kappa shape index (κ1) is 20.4. The summed E-state index contributed by atoms with van der Waals surface area (Å²) < 4.78 is 10.8. The first-order valence-corrected chi connectivity index (χ1v) is 9.31. The number of pyridine rings is 1. The average Bonchev–Trinajstić information content (AvgIpc) is 2.73. The van der Waals surface area contributed by atoms with Gasteiger partial charge in [-0.1, -0.05) is 29.8 Å². The molecule has 0 saturated heterocycles. The lowest BCUT2D eigenvalue weighted by molar-refractivity contribution is -0.113. The number of aromatic nitrogens is 1. The van der Waals surface area contributed by atoms with Crippen LogP contribution in [0.1, 0.15) is 16.7 Å². The molecule has 0 aliphatic heterocycles.